The van der Waals surface area contributed by atoms with E-state index < -0.39 is 11.7 Å². The Labute approximate surface area is 117 Å². The van der Waals surface area contributed by atoms with Crippen molar-refractivity contribution in [1.82, 2.24) is 5.32 Å². The quantitative estimate of drug-likeness (QED) is 0.861. The molecule has 1 fully saturated rings. The second-order valence-electron chi connectivity index (χ2n) is 5.49. The number of rotatable bonds is 5. The summed E-state index contributed by atoms with van der Waals surface area (Å²) in [5.74, 6) is -2.96. The van der Waals surface area contributed by atoms with Gasteiger partial charge in [-0.25, -0.2) is 13.2 Å². The molecule has 0 amide bonds. The predicted octanol–water partition coefficient (Wildman–Crippen LogP) is 3.74. The molecule has 0 saturated carbocycles. The first-order valence-electron chi connectivity index (χ1n) is 7.09. The van der Waals surface area contributed by atoms with Crippen LogP contribution in [0.3, 0.4) is 0 Å². The Hall–Kier alpha value is -1.23. The molecular formula is C15H21F3N2. The zero-order valence-corrected chi connectivity index (χ0v) is 11.7. The molecule has 0 radical (unpaired) electrons. The lowest BCUT2D eigenvalue weighted by molar-refractivity contribution is 0.0172. The van der Waals surface area contributed by atoms with Crippen molar-refractivity contribution >= 4 is 5.69 Å². The third-order valence-electron chi connectivity index (χ3n) is 3.80. The van der Waals surface area contributed by atoms with Gasteiger partial charge in [-0.15, -0.1) is 0 Å². The first-order chi connectivity index (χ1) is 9.47. The second-order valence-corrected chi connectivity index (χ2v) is 5.49. The van der Waals surface area contributed by atoms with Crippen molar-refractivity contribution in [3.63, 3.8) is 0 Å². The van der Waals surface area contributed by atoms with Crippen LogP contribution in [0.1, 0.15) is 31.7 Å². The first-order valence-corrected chi connectivity index (χ1v) is 7.09. The highest BCUT2D eigenvalue weighted by Crippen LogP contribution is 2.29. The largest absolute Gasteiger partial charge is 0.383 e. The van der Waals surface area contributed by atoms with Gasteiger partial charge in [0.1, 0.15) is 5.82 Å². The summed E-state index contributed by atoms with van der Waals surface area (Å²) in [6, 6.07) is 3.58. The van der Waals surface area contributed by atoms with Crippen LogP contribution in [-0.4, -0.2) is 19.6 Å². The second kappa shape index (κ2) is 6.48. The van der Waals surface area contributed by atoms with Crippen LogP contribution in [0, 0.1) is 11.7 Å². The zero-order chi connectivity index (χ0) is 14.6. The minimum atomic E-state index is -3.01. The number of hydrogen-bond donors (Lipinski definition) is 2. The molecule has 2 nitrogen and oxygen atoms in total. The fourth-order valence-corrected chi connectivity index (χ4v) is 2.51. The molecule has 2 N–H and O–H groups in total. The van der Waals surface area contributed by atoms with Gasteiger partial charge in [-0.3, -0.25) is 0 Å². The molecule has 0 bridgehead atoms. The van der Waals surface area contributed by atoms with Gasteiger partial charge in [0.05, 0.1) is 5.69 Å². The minimum Gasteiger partial charge on any atom is -0.383 e. The molecule has 5 heteroatoms. The predicted molar refractivity (Wildman–Crippen MR) is 74.7 cm³/mol. The van der Waals surface area contributed by atoms with Gasteiger partial charge in [0.2, 0.25) is 0 Å². The number of nitrogens with one attached hydrogen (secondary N) is 2. The summed E-state index contributed by atoms with van der Waals surface area (Å²) in [5, 5.41) is 6.30. The van der Waals surface area contributed by atoms with Gasteiger partial charge in [-0.2, -0.15) is 0 Å². The molecule has 1 aliphatic rings. The van der Waals surface area contributed by atoms with E-state index in [0.29, 0.717) is 18.2 Å². The number of hydrogen-bond acceptors (Lipinski definition) is 2. The van der Waals surface area contributed by atoms with E-state index in [0.717, 1.165) is 45.3 Å². The third kappa shape index (κ3) is 4.13. The van der Waals surface area contributed by atoms with Crippen molar-refractivity contribution in [1.29, 1.82) is 0 Å². The molecule has 0 unspecified atom stereocenters. The van der Waals surface area contributed by atoms with E-state index in [1.54, 1.807) is 0 Å². The van der Waals surface area contributed by atoms with Gasteiger partial charge in [0.25, 0.3) is 5.92 Å². The number of alkyl halides is 2. The van der Waals surface area contributed by atoms with E-state index >= 15 is 0 Å². The van der Waals surface area contributed by atoms with Gasteiger partial charge in [-0.1, -0.05) is 6.07 Å². The van der Waals surface area contributed by atoms with E-state index in [4.69, 9.17) is 0 Å². The molecule has 1 heterocycles. The average Bonchev–Trinajstić information content (AvgIpc) is 2.40. The molecule has 0 atom stereocenters. The summed E-state index contributed by atoms with van der Waals surface area (Å²) >= 11 is 0. The minimum absolute atomic E-state index is 0.293. The number of halogens is 3. The maximum Gasteiger partial charge on any atom is 0.270 e. The lowest BCUT2D eigenvalue weighted by Crippen LogP contribution is -2.28. The van der Waals surface area contributed by atoms with Gasteiger partial charge in [-0.05, 0) is 50.4 Å². The van der Waals surface area contributed by atoms with E-state index in [2.05, 4.69) is 10.6 Å². The topological polar surface area (TPSA) is 24.1 Å². The standard InChI is InChI=1S/C15H21F3N2/c1-15(17,18)12-2-3-14(13(16)10-12)20-9-6-11-4-7-19-8-5-11/h2-3,10-11,19-20H,4-9H2,1H3. The Balaban J connectivity index is 1.86. The van der Waals surface area contributed by atoms with Crippen LogP contribution in [0.15, 0.2) is 18.2 Å². The van der Waals surface area contributed by atoms with Crippen LogP contribution in [0.4, 0.5) is 18.9 Å². The summed E-state index contributed by atoms with van der Waals surface area (Å²) in [4.78, 5) is 0. The van der Waals surface area contributed by atoms with Crippen LogP contribution in [0.25, 0.3) is 0 Å². The Morgan fingerprint density at radius 3 is 2.60 bits per heavy atom. The monoisotopic (exact) mass is 286 g/mol. The lowest BCUT2D eigenvalue weighted by Gasteiger charge is -2.22. The van der Waals surface area contributed by atoms with Gasteiger partial charge < -0.3 is 10.6 Å². The summed E-state index contributed by atoms with van der Waals surface area (Å²) in [6.45, 7) is 3.52. The Kier molecular flexibility index (Phi) is 4.91. The maximum atomic E-state index is 13.7. The van der Waals surface area contributed by atoms with Crippen molar-refractivity contribution in [3.05, 3.63) is 29.6 Å². The zero-order valence-electron chi connectivity index (χ0n) is 11.7. The molecule has 1 aliphatic heterocycles. The van der Waals surface area contributed by atoms with Gasteiger partial charge >= 0.3 is 0 Å². The highest BCUT2D eigenvalue weighted by Gasteiger charge is 2.25. The van der Waals surface area contributed by atoms with Crippen molar-refractivity contribution in [3.8, 4) is 0 Å². The summed E-state index contributed by atoms with van der Waals surface area (Å²) in [6.07, 6.45) is 3.27. The van der Waals surface area contributed by atoms with E-state index in [1.807, 2.05) is 0 Å². The number of anilines is 1. The van der Waals surface area contributed by atoms with Gasteiger partial charge in [0, 0.05) is 19.0 Å². The molecule has 1 aromatic rings. The van der Waals surface area contributed by atoms with E-state index in [9.17, 15) is 13.2 Å². The smallest absolute Gasteiger partial charge is 0.270 e. The Bertz CT molecular complexity index is 437. The Morgan fingerprint density at radius 2 is 2.00 bits per heavy atom. The molecule has 2 rings (SSSR count). The number of piperidine rings is 1. The fraction of sp³-hybridized carbons (Fsp3) is 0.600. The van der Waals surface area contributed by atoms with Crippen molar-refractivity contribution < 1.29 is 13.2 Å². The van der Waals surface area contributed by atoms with Crippen LogP contribution >= 0.6 is 0 Å². The summed E-state index contributed by atoms with van der Waals surface area (Å²) in [7, 11) is 0. The Morgan fingerprint density at radius 1 is 1.30 bits per heavy atom. The van der Waals surface area contributed by atoms with Gasteiger partial charge in [0.15, 0.2) is 0 Å². The van der Waals surface area contributed by atoms with E-state index in [1.165, 1.54) is 12.1 Å². The molecule has 0 aromatic heterocycles. The van der Waals surface area contributed by atoms with Crippen molar-refractivity contribution in [2.45, 2.75) is 32.1 Å². The van der Waals surface area contributed by atoms with Crippen LogP contribution in [0.5, 0.6) is 0 Å². The van der Waals surface area contributed by atoms with Crippen LogP contribution in [0.2, 0.25) is 0 Å². The fourth-order valence-electron chi connectivity index (χ4n) is 2.51. The van der Waals surface area contributed by atoms with E-state index in [-0.39, 0.29) is 5.56 Å². The van der Waals surface area contributed by atoms with Crippen molar-refractivity contribution in [2.75, 3.05) is 25.0 Å². The normalized spacial score (nSPS) is 17.2. The lowest BCUT2D eigenvalue weighted by atomic mass is 9.95. The SMILES string of the molecule is CC(F)(F)c1ccc(NCCC2CCNCC2)c(F)c1. The molecule has 0 spiro atoms. The molecule has 112 valence electrons. The highest BCUT2D eigenvalue weighted by atomic mass is 19.3. The van der Waals surface area contributed by atoms with Crippen LogP contribution in [-0.2, 0) is 5.92 Å². The maximum absolute atomic E-state index is 13.7. The number of benzene rings is 1. The third-order valence-corrected chi connectivity index (χ3v) is 3.80. The van der Waals surface area contributed by atoms with Crippen LogP contribution < -0.4 is 10.6 Å². The average molecular weight is 286 g/mol. The summed E-state index contributed by atoms with van der Waals surface area (Å²) < 4.78 is 39.9. The summed E-state index contributed by atoms with van der Waals surface area (Å²) in [5.41, 5.74) is 0.00541. The highest BCUT2D eigenvalue weighted by molar-refractivity contribution is 5.47. The first kappa shape index (κ1) is 15.2. The molecule has 20 heavy (non-hydrogen) atoms. The molecular weight excluding hydrogens is 265 g/mol. The molecule has 1 saturated heterocycles. The molecule has 0 aliphatic carbocycles. The molecule has 1 aromatic carbocycles. The van der Waals surface area contributed by atoms with Crippen molar-refractivity contribution in [2.24, 2.45) is 5.92 Å².